The fraction of sp³-hybridized carbons (Fsp3) is 0.111. The maximum atomic E-state index is 12.7. The second kappa shape index (κ2) is 6.96. The standard InChI is InChI=1S/C18H15FN6O2/c19-8-12(9-20)11-25-18(26)24-6-5-15(7-17(24)22-25)13-1-3-14(4-2-13)16-10-21-27-23-16/h1-8,10H,9,11,20H2/b12-8+. The number of pyridine rings is 1. The lowest BCUT2D eigenvalue weighted by Gasteiger charge is -2.03. The molecule has 136 valence electrons. The highest BCUT2D eigenvalue weighted by atomic mass is 19.1. The summed E-state index contributed by atoms with van der Waals surface area (Å²) < 4.78 is 20.0. The molecule has 27 heavy (non-hydrogen) atoms. The molecule has 0 aliphatic heterocycles. The van der Waals surface area contributed by atoms with Crippen LogP contribution in [0.5, 0.6) is 0 Å². The van der Waals surface area contributed by atoms with Crippen molar-refractivity contribution >= 4 is 5.65 Å². The number of nitrogens with zero attached hydrogens (tertiary/aromatic N) is 5. The van der Waals surface area contributed by atoms with Crippen molar-refractivity contribution in [3.63, 3.8) is 0 Å². The van der Waals surface area contributed by atoms with Crippen LogP contribution in [0.15, 0.2) is 70.1 Å². The van der Waals surface area contributed by atoms with E-state index in [1.165, 1.54) is 9.08 Å². The zero-order valence-electron chi connectivity index (χ0n) is 14.1. The number of nitrogens with two attached hydrogens (primary N) is 1. The zero-order valence-corrected chi connectivity index (χ0v) is 14.1. The summed E-state index contributed by atoms with van der Waals surface area (Å²) in [4.78, 5) is 12.4. The number of fused-ring (bicyclic) bond motifs is 1. The molecule has 1 aromatic carbocycles. The average Bonchev–Trinajstić information content (AvgIpc) is 3.35. The normalized spacial score (nSPS) is 12.0. The predicted octanol–water partition coefficient (Wildman–Crippen LogP) is 2.03. The van der Waals surface area contributed by atoms with Crippen LogP contribution in [0, 0.1) is 0 Å². The Hall–Kier alpha value is -3.59. The largest absolute Gasteiger partial charge is 0.350 e. The van der Waals surface area contributed by atoms with Crippen LogP contribution in [0.4, 0.5) is 4.39 Å². The Bertz CT molecular complexity index is 1160. The summed E-state index contributed by atoms with van der Waals surface area (Å²) in [6, 6.07) is 11.3. The molecule has 0 aliphatic carbocycles. The first-order chi connectivity index (χ1) is 13.2. The summed E-state index contributed by atoms with van der Waals surface area (Å²) in [6.07, 6.45) is 3.60. The van der Waals surface area contributed by atoms with E-state index in [4.69, 9.17) is 5.73 Å². The van der Waals surface area contributed by atoms with Crippen molar-refractivity contribution in [2.75, 3.05) is 6.54 Å². The third-order valence-corrected chi connectivity index (χ3v) is 4.23. The minimum Gasteiger partial charge on any atom is -0.327 e. The van der Waals surface area contributed by atoms with Gasteiger partial charge >= 0.3 is 5.69 Å². The van der Waals surface area contributed by atoms with Crippen molar-refractivity contribution in [2.24, 2.45) is 5.73 Å². The molecule has 0 atom stereocenters. The van der Waals surface area contributed by atoms with Gasteiger partial charge in [0.2, 0.25) is 0 Å². The summed E-state index contributed by atoms with van der Waals surface area (Å²) in [5.41, 5.74) is 9.24. The highest BCUT2D eigenvalue weighted by molar-refractivity contribution is 5.70. The second-order valence-corrected chi connectivity index (χ2v) is 5.93. The first-order valence-electron chi connectivity index (χ1n) is 8.15. The number of hydrogen-bond donors (Lipinski definition) is 1. The maximum absolute atomic E-state index is 12.7. The first kappa shape index (κ1) is 16.9. The lowest BCUT2D eigenvalue weighted by molar-refractivity contribution is 0.308. The van der Waals surface area contributed by atoms with E-state index < -0.39 is 0 Å². The van der Waals surface area contributed by atoms with Crippen molar-refractivity contribution in [3.8, 4) is 22.4 Å². The highest BCUT2D eigenvalue weighted by Crippen LogP contribution is 2.24. The molecule has 4 aromatic rings. The highest BCUT2D eigenvalue weighted by Gasteiger charge is 2.10. The first-order valence-corrected chi connectivity index (χ1v) is 8.15. The van der Waals surface area contributed by atoms with Gasteiger partial charge in [0.05, 0.1) is 19.1 Å². The second-order valence-electron chi connectivity index (χ2n) is 5.93. The van der Waals surface area contributed by atoms with E-state index in [0.29, 0.717) is 23.2 Å². The smallest absolute Gasteiger partial charge is 0.327 e. The molecule has 0 fully saturated rings. The van der Waals surface area contributed by atoms with Crippen LogP contribution in [0.1, 0.15) is 0 Å². The summed E-state index contributed by atoms with van der Waals surface area (Å²) in [5.74, 6) is 0. The van der Waals surface area contributed by atoms with Crippen molar-refractivity contribution < 1.29 is 9.02 Å². The molecule has 0 aliphatic rings. The molecule has 8 nitrogen and oxygen atoms in total. The summed E-state index contributed by atoms with van der Waals surface area (Å²) in [5, 5.41) is 11.7. The van der Waals surface area contributed by atoms with Crippen molar-refractivity contribution in [3.05, 3.63) is 71.2 Å². The van der Waals surface area contributed by atoms with Crippen molar-refractivity contribution in [1.82, 2.24) is 24.5 Å². The molecule has 4 rings (SSSR count). The van der Waals surface area contributed by atoms with Gasteiger partial charge in [-0.25, -0.2) is 18.5 Å². The molecule has 2 N–H and O–H groups in total. The van der Waals surface area contributed by atoms with Crippen LogP contribution >= 0.6 is 0 Å². The van der Waals surface area contributed by atoms with Crippen LogP contribution in [0.3, 0.4) is 0 Å². The Morgan fingerprint density at radius 3 is 2.63 bits per heavy atom. The Labute approximate surface area is 152 Å². The van der Waals surface area contributed by atoms with Gasteiger partial charge in [0.15, 0.2) is 5.65 Å². The molecule has 0 amide bonds. The molecule has 9 heteroatoms. The van der Waals surface area contributed by atoms with E-state index in [1.54, 1.807) is 18.5 Å². The molecule has 3 aromatic heterocycles. The zero-order chi connectivity index (χ0) is 18.8. The molecule has 0 unspecified atom stereocenters. The van der Waals surface area contributed by atoms with Crippen molar-refractivity contribution in [2.45, 2.75) is 6.54 Å². The molecule has 0 radical (unpaired) electrons. The van der Waals surface area contributed by atoms with Crippen LogP contribution in [-0.4, -0.2) is 31.0 Å². The van der Waals surface area contributed by atoms with E-state index in [0.717, 1.165) is 16.7 Å². The van der Waals surface area contributed by atoms with E-state index in [9.17, 15) is 9.18 Å². The van der Waals surface area contributed by atoms with Gasteiger partial charge in [0.25, 0.3) is 0 Å². The van der Waals surface area contributed by atoms with Gasteiger partial charge < -0.3 is 5.73 Å². The predicted molar refractivity (Wildman–Crippen MR) is 96.4 cm³/mol. The third-order valence-electron chi connectivity index (χ3n) is 4.23. The summed E-state index contributed by atoms with van der Waals surface area (Å²) in [7, 11) is 0. The SMILES string of the molecule is NC/C(=C\F)Cn1nc2cc(-c3ccc(-c4cnon4)cc3)ccn2c1=O. The lowest BCUT2D eigenvalue weighted by atomic mass is 10.0. The van der Waals surface area contributed by atoms with E-state index in [1.807, 2.05) is 30.3 Å². The van der Waals surface area contributed by atoms with Gasteiger partial charge in [-0.2, -0.15) is 0 Å². The summed E-state index contributed by atoms with van der Waals surface area (Å²) >= 11 is 0. The van der Waals surface area contributed by atoms with Crippen LogP contribution in [0.2, 0.25) is 0 Å². The van der Waals surface area contributed by atoms with Gasteiger partial charge in [-0.3, -0.25) is 4.40 Å². The Morgan fingerprint density at radius 1 is 1.19 bits per heavy atom. The maximum Gasteiger partial charge on any atom is 0.350 e. The summed E-state index contributed by atoms with van der Waals surface area (Å²) in [6.45, 7) is 0.0404. The minimum atomic E-state index is -0.349. The molecule has 0 saturated carbocycles. The fourth-order valence-corrected chi connectivity index (χ4v) is 2.76. The van der Waals surface area contributed by atoms with Gasteiger partial charge in [0.1, 0.15) is 5.69 Å². The van der Waals surface area contributed by atoms with E-state index >= 15 is 0 Å². The number of aromatic nitrogens is 5. The number of rotatable bonds is 5. The van der Waals surface area contributed by atoms with Crippen molar-refractivity contribution in [1.29, 1.82) is 0 Å². The molecular formula is C18H15FN6O2. The third kappa shape index (κ3) is 3.15. The Balaban J connectivity index is 1.68. The Morgan fingerprint density at radius 2 is 1.96 bits per heavy atom. The fourth-order valence-electron chi connectivity index (χ4n) is 2.76. The Kier molecular flexibility index (Phi) is 4.35. The molecular weight excluding hydrogens is 351 g/mol. The van der Waals surface area contributed by atoms with E-state index in [2.05, 4.69) is 20.0 Å². The molecule has 0 spiro atoms. The molecule has 0 bridgehead atoms. The van der Waals surface area contributed by atoms with Gasteiger partial charge in [-0.05, 0) is 34.0 Å². The average molecular weight is 366 g/mol. The van der Waals surface area contributed by atoms with Crippen LogP contribution in [0.25, 0.3) is 28.0 Å². The number of hydrogen-bond acceptors (Lipinski definition) is 6. The van der Waals surface area contributed by atoms with Crippen LogP contribution in [-0.2, 0) is 6.54 Å². The molecule has 3 heterocycles. The molecule has 0 saturated heterocycles. The van der Waals surface area contributed by atoms with Gasteiger partial charge in [0, 0.05) is 18.3 Å². The van der Waals surface area contributed by atoms with E-state index in [-0.39, 0.29) is 18.8 Å². The monoisotopic (exact) mass is 366 g/mol. The van der Waals surface area contributed by atoms with Gasteiger partial charge in [-0.15, -0.1) is 5.10 Å². The number of benzene rings is 1. The topological polar surface area (TPSA) is 104 Å². The quantitative estimate of drug-likeness (QED) is 0.579. The minimum absolute atomic E-state index is 0.0171. The lowest BCUT2D eigenvalue weighted by Crippen LogP contribution is -2.23. The number of halogens is 1. The van der Waals surface area contributed by atoms with Gasteiger partial charge in [-0.1, -0.05) is 29.4 Å². The van der Waals surface area contributed by atoms with Crippen LogP contribution < -0.4 is 11.4 Å².